The molecule has 1 aliphatic heterocycles. The van der Waals surface area contributed by atoms with Crippen molar-refractivity contribution in [3.05, 3.63) is 0 Å². The molecule has 3 unspecified atom stereocenters. The number of rotatable bonds is 5. The van der Waals surface area contributed by atoms with Crippen LogP contribution in [0.4, 0.5) is 0 Å². The van der Waals surface area contributed by atoms with Crippen LogP contribution in [0.1, 0.15) is 33.6 Å². The second-order valence-corrected chi connectivity index (χ2v) is 12.3. The van der Waals surface area contributed by atoms with E-state index < -0.39 is 19.9 Å². The van der Waals surface area contributed by atoms with E-state index in [9.17, 15) is 10.2 Å². The first-order valence-corrected chi connectivity index (χ1v) is 9.84. The molecule has 1 rings (SSSR count). The van der Waals surface area contributed by atoms with Crippen LogP contribution in [0, 0.1) is 0 Å². The number of hydrogen-bond donors (Lipinski definition) is 2. The predicted molar refractivity (Wildman–Crippen MR) is 74.1 cm³/mol. The first-order chi connectivity index (χ1) is 8.20. The molecular weight excluding hydrogens is 248 g/mol. The molecule has 0 aromatic heterocycles. The van der Waals surface area contributed by atoms with E-state index >= 15 is 0 Å². The topological polar surface area (TPSA) is 58.9 Å². The summed E-state index contributed by atoms with van der Waals surface area (Å²) in [7, 11) is -1.95. The zero-order chi connectivity index (χ0) is 14.0. The van der Waals surface area contributed by atoms with E-state index in [4.69, 9.17) is 9.47 Å². The molecule has 0 amide bonds. The highest BCUT2D eigenvalue weighted by atomic mass is 28.3. The maximum absolute atomic E-state index is 10.6. The molecular formula is C13H28O4Si. The van der Waals surface area contributed by atoms with Gasteiger partial charge in [-0.15, -0.1) is 0 Å². The fourth-order valence-electron chi connectivity index (χ4n) is 1.98. The van der Waals surface area contributed by atoms with Crippen LogP contribution in [-0.4, -0.2) is 49.6 Å². The van der Waals surface area contributed by atoms with Gasteiger partial charge in [0.1, 0.15) is 6.10 Å². The van der Waals surface area contributed by atoms with Gasteiger partial charge in [0.25, 0.3) is 0 Å². The van der Waals surface area contributed by atoms with Crippen molar-refractivity contribution >= 4 is 8.07 Å². The van der Waals surface area contributed by atoms with Crippen LogP contribution in [0.5, 0.6) is 0 Å². The number of ether oxygens (including phenoxy) is 2. The molecule has 0 aliphatic carbocycles. The third kappa shape index (κ3) is 3.54. The van der Waals surface area contributed by atoms with Crippen molar-refractivity contribution < 1.29 is 19.7 Å². The summed E-state index contributed by atoms with van der Waals surface area (Å²) < 4.78 is 11.1. The molecule has 1 aliphatic rings. The number of aliphatic hydroxyl groups excluding tert-OH is 2. The fraction of sp³-hybridized carbons (Fsp3) is 1.00. The van der Waals surface area contributed by atoms with Crippen molar-refractivity contribution in [1.82, 2.24) is 0 Å². The van der Waals surface area contributed by atoms with Crippen LogP contribution in [-0.2, 0) is 9.47 Å². The Balaban J connectivity index is 2.68. The van der Waals surface area contributed by atoms with E-state index in [1.807, 2.05) is 0 Å². The van der Waals surface area contributed by atoms with Crippen molar-refractivity contribution in [3.63, 3.8) is 0 Å². The lowest BCUT2D eigenvalue weighted by Gasteiger charge is -2.43. The van der Waals surface area contributed by atoms with Gasteiger partial charge in [0.15, 0.2) is 6.29 Å². The first kappa shape index (κ1) is 16.1. The molecule has 18 heavy (non-hydrogen) atoms. The molecule has 2 N–H and O–H groups in total. The smallest absolute Gasteiger partial charge is 0.158 e. The summed E-state index contributed by atoms with van der Waals surface area (Å²) in [5.41, 5.74) is -0.591. The zero-order valence-corrected chi connectivity index (χ0v) is 13.3. The van der Waals surface area contributed by atoms with Crippen molar-refractivity contribution in [2.45, 2.75) is 69.9 Å². The largest absolute Gasteiger partial charge is 0.394 e. The maximum atomic E-state index is 10.6. The Morgan fingerprint density at radius 1 is 1.39 bits per heavy atom. The normalized spacial score (nSPS) is 25.2. The molecule has 5 heteroatoms. The lowest BCUT2D eigenvalue weighted by Crippen LogP contribution is -2.57. The molecule has 3 atom stereocenters. The SMILES string of the molecule is CC(C)(C)[Si](C)(C)C(O)C(CO)OC1CCCO1. The van der Waals surface area contributed by atoms with Gasteiger partial charge in [-0.25, -0.2) is 0 Å². The minimum absolute atomic E-state index is 0.0553. The Kier molecular flexibility index (Phi) is 5.38. The van der Waals surface area contributed by atoms with Gasteiger partial charge in [0.2, 0.25) is 0 Å². The Bertz CT molecular complexity index is 256. The van der Waals surface area contributed by atoms with Gasteiger partial charge in [-0.1, -0.05) is 33.9 Å². The summed E-state index contributed by atoms with van der Waals surface area (Å²) >= 11 is 0. The zero-order valence-electron chi connectivity index (χ0n) is 12.3. The lowest BCUT2D eigenvalue weighted by molar-refractivity contribution is -0.170. The quantitative estimate of drug-likeness (QED) is 0.753. The Morgan fingerprint density at radius 2 is 2.00 bits per heavy atom. The third-order valence-corrected chi connectivity index (χ3v) is 10.1. The molecule has 4 nitrogen and oxygen atoms in total. The lowest BCUT2D eigenvalue weighted by atomic mass is 10.2. The average molecular weight is 276 g/mol. The average Bonchev–Trinajstić information content (AvgIpc) is 2.75. The standard InChI is InChI=1S/C13H28O4Si/c1-13(2,3)18(4,5)12(15)10(9-14)17-11-7-6-8-16-11/h10-12,14-15H,6-9H2,1-5H3. The highest BCUT2D eigenvalue weighted by Crippen LogP contribution is 2.39. The number of hydrogen-bond acceptors (Lipinski definition) is 4. The van der Waals surface area contributed by atoms with Crippen LogP contribution in [0.3, 0.4) is 0 Å². The molecule has 0 spiro atoms. The molecule has 108 valence electrons. The summed E-state index contributed by atoms with van der Waals surface area (Å²) in [6.07, 6.45) is 1.04. The summed E-state index contributed by atoms with van der Waals surface area (Å²) in [4.78, 5) is 0. The van der Waals surface area contributed by atoms with Crippen molar-refractivity contribution in [3.8, 4) is 0 Å². The van der Waals surface area contributed by atoms with Crippen LogP contribution in [0.2, 0.25) is 18.1 Å². The number of aliphatic hydroxyl groups is 2. The molecule has 1 heterocycles. The summed E-state index contributed by atoms with van der Waals surface area (Å²) in [6.45, 7) is 11.2. The Labute approximate surface area is 111 Å². The van der Waals surface area contributed by atoms with E-state index in [-0.39, 0.29) is 17.9 Å². The van der Waals surface area contributed by atoms with E-state index in [1.54, 1.807) is 0 Å². The first-order valence-electron chi connectivity index (χ1n) is 6.76. The van der Waals surface area contributed by atoms with Gasteiger partial charge < -0.3 is 19.7 Å². The van der Waals surface area contributed by atoms with Gasteiger partial charge in [-0.3, -0.25) is 0 Å². The summed E-state index contributed by atoms with van der Waals surface area (Å²) in [5.74, 6) is 0. The molecule has 0 saturated carbocycles. The monoisotopic (exact) mass is 276 g/mol. The predicted octanol–water partition coefficient (Wildman–Crippen LogP) is 1.91. The molecule has 1 fully saturated rings. The summed E-state index contributed by atoms with van der Waals surface area (Å²) in [5, 5.41) is 20.1. The minimum atomic E-state index is -1.95. The third-order valence-electron chi connectivity index (χ3n) is 4.42. The highest BCUT2D eigenvalue weighted by Gasteiger charge is 2.45. The van der Waals surface area contributed by atoms with Gasteiger partial charge in [0.05, 0.1) is 20.4 Å². The van der Waals surface area contributed by atoms with Gasteiger partial charge >= 0.3 is 0 Å². The second kappa shape index (κ2) is 6.01. The molecule has 0 bridgehead atoms. The van der Waals surface area contributed by atoms with Crippen molar-refractivity contribution in [1.29, 1.82) is 0 Å². The van der Waals surface area contributed by atoms with Crippen molar-refractivity contribution in [2.24, 2.45) is 0 Å². The van der Waals surface area contributed by atoms with Crippen LogP contribution < -0.4 is 0 Å². The van der Waals surface area contributed by atoms with Crippen molar-refractivity contribution in [2.75, 3.05) is 13.2 Å². The van der Waals surface area contributed by atoms with Crippen LogP contribution in [0.25, 0.3) is 0 Å². The van der Waals surface area contributed by atoms with E-state index in [2.05, 4.69) is 33.9 Å². The molecule has 0 aromatic carbocycles. The molecule has 0 radical (unpaired) electrons. The van der Waals surface area contributed by atoms with Gasteiger partial charge in [-0.2, -0.15) is 0 Å². The minimum Gasteiger partial charge on any atom is -0.394 e. The fourth-order valence-corrected chi connectivity index (χ4v) is 3.98. The molecule has 1 saturated heterocycles. The Hall–Kier alpha value is 0.0569. The maximum Gasteiger partial charge on any atom is 0.158 e. The van der Waals surface area contributed by atoms with E-state index in [1.165, 1.54) is 0 Å². The van der Waals surface area contributed by atoms with Gasteiger partial charge in [-0.05, 0) is 11.5 Å². The van der Waals surface area contributed by atoms with Gasteiger partial charge in [0, 0.05) is 13.0 Å². The molecule has 0 aromatic rings. The van der Waals surface area contributed by atoms with E-state index in [0.29, 0.717) is 6.61 Å². The second-order valence-electron chi connectivity index (χ2n) is 6.72. The Morgan fingerprint density at radius 3 is 2.39 bits per heavy atom. The van der Waals surface area contributed by atoms with Crippen LogP contribution >= 0.6 is 0 Å². The van der Waals surface area contributed by atoms with E-state index in [0.717, 1.165) is 12.8 Å². The summed E-state index contributed by atoms with van der Waals surface area (Å²) in [6, 6.07) is 0. The highest BCUT2D eigenvalue weighted by molar-refractivity contribution is 6.81. The van der Waals surface area contributed by atoms with Crippen LogP contribution in [0.15, 0.2) is 0 Å².